The van der Waals surface area contributed by atoms with Crippen molar-refractivity contribution in [3.05, 3.63) is 66.0 Å². The zero-order valence-corrected chi connectivity index (χ0v) is 14.2. The third kappa shape index (κ3) is 4.01. The van der Waals surface area contributed by atoms with Crippen molar-refractivity contribution in [3.8, 4) is 0 Å². The first kappa shape index (κ1) is 16.7. The highest BCUT2D eigenvalue weighted by Gasteiger charge is 2.24. The largest absolute Gasteiger partial charge is 0.354 e. The van der Waals surface area contributed by atoms with Gasteiger partial charge in [0.05, 0.1) is 12.0 Å². The normalized spacial score (nSPS) is 17.4. The van der Waals surface area contributed by atoms with Crippen LogP contribution in [0.25, 0.3) is 0 Å². The van der Waals surface area contributed by atoms with Crippen LogP contribution < -0.4 is 5.32 Å². The molecule has 2 aromatic rings. The highest BCUT2D eigenvalue weighted by atomic mass is 16.1. The van der Waals surface area contributed by atoms with Crippen LogP contribution in [0.4, 0.5) is 0 Å². The molecule has 24 heavy (non-hydrogen) atoms. The van der Waals surface area contributed by atoms with E-state index >= 15 is 0 Å². The zero-order valence-electron chi connectivity index (χ0n) is 14.2. The fourth-order valence-electron chi connectivity index (χ4n) is 3.34. The van der Waals surface area contributed by atoms with Crippen LogP contribution in [-0.4, -0.2) is 35.4 Å². The second-order valence-electron chi connectivity index (χ2n) is 6.42. The Balaban J connectivity index is 1.66. The van der Waals surface area contributed by atoms with Gasteiger partial charge >= 0.3 is 0 Å². The molecule has 4 heteroatoms. The van der Waals surface area contributed by atoms with Gasteiger partial charge in [-0.05, 0) is 56.1 Å². The van der Waals surface area contributed by atoms with Crippen molar-refractivity contribution in [2.45, 2.75) is 31.7 Å². The molecule has 0 bridgehead atoms. The highest BCUT2D eigenvalue weighted by molar-refractivity contribution is 5.83. The van der Waals surface area contributed by atoms with Gasteiger partial charge in [-0.3, -0.25) is 14.7 Å². The first-order valence-corrected chi connectivity index (χ1v) is 8.72. The number of nitrogens with zero attached hydrogens (tertiary/aromatic N) is 2. The quantitative estimate of drug-likeness (QED) is 0.888. The van der Waals surface area contributed by atoms with Crippen molar-refractivity contribution in [2.24, 2.45) is 0 Å². The molecule has 126 valence electrons. The standard InChI is InChI=1S/C20H25N3O/c1-16(17-9-11-21-12-10-17)20(24)22-15-19(23-13-5-6-14-23)18-7-3-2-4-8-18/h2-4,7-12,16,19H,5-6,13-15H2,1H3,(H,22,24). The molecule has 4 nitrogen and oxygen atoms in total. The second kappa shape index (κ2) is 8.06. The summed E-state index contributed by atoms with van der Waals surface area (Å²) in [6.45, 7) is 4.81. The number of likely N-dealkylation sites (tertiary alicyclic amines) is 1. The number of hydrogen-bond acceptors (Lipinski definition) is 3. The van der Waals surface area contributed by atoms with Crippen molar-refractivity contribution in [1.82, 2.24) is 15.2 Å². The summed E-state index contributed by atoms with van der Waals surface area (Å²) in [5.74, 6) is -0.0932. The fraction of sp³-hybridized carbons (Fsp3) is 0.400. The monoisotopic (exact) mass is 323 g/mol. The molecule has 1 aliphatic rings. The number of aromatic nitrogens is 1. The van der Waals surface area contributed by atoms with E-state index in [1.807, 2.05) is 25.1 Å². The molecular weight excluding hydrogens is 298 g/mol. The lowest BCUT2D eigenvalue weighted by atomic mass is 10.0. The molecule has 1 fully saturated rings. The van der Waals surface area contributed by atoms with Crippen LogP contribution in [-0.2, 0) is 4.79 Å². The fourth-order valence-corrected chi connectivity index (χ4v) is 3.34. The Morgan fingerprint density at radius 3 is 2.42 bits per heavy atom. The van der Waals surface area contributed by atoms with Crippen LogP contribution in [0.3, 0.4) is 0 Å². The maximum absolute atomic E-state index is 12.5. The van der Waals surface area contributed by atoms with Crippen LogP contribution in [0.5, 0.6) is 0 Å². The number of hydrogen-bond donors (Lipinski definition) is 1. The summed E-state index contributed by atoms with van der Waals surface area (Å²) in [7, 11) is 0. The summed E-state index contributed by atoms with van der Waals surface area (Å²) in [4.78, 5) is 19.0. The predicted molar refractivity (Wildman–Crippen MR) is 95.7 cm³/mol. The summed E-state index contributed by atoms with van der Waals surface area (Å²) >= 11 is 0. The molecule has 2 unspecified atom stereocenters. The van der Waals surface area contributed by atoms with Gasteiger partial charge in [0.2, 0.25) is 5.91 Å². The topological polar surface area (TPSA) is 45.2 Å². The smallest absolute Gasteiger partial charge is 0.227 e. The molecule has 0 spiro atoms. The van der Waals surface area contributed by atoms with Gasteiger partial charge in [0, 0.05) is 18.9 Å². The van der Waals surface area contributed by atoms with Gasteiger partial charge in [-0.1, -0.05) is 30.3 Å². The predicted octanol–water partition coefficient (Wildman–Crippen LogP) is 3.14. The van der Waals surface area contributed by atoms with E-state index in [0.717, 1.165) is 18.7 Å². The van der Waals surface area contributed by atoms with Crippen molar-refractivity contribution < 1.29 is 4.79 Å². The Hall–Kier alpha value is -2.20. The first-order valence-electron chi connectivity index (χ1n) is 8.72. The number of nitrogens with one attached hydrogen (secondary N) is 1. The number of carbonyl (C=O) groups is 1. The van der Waals surface area contributed by atoms with Gasteiger partial charge in [-0.15, -0.1) is 0 Å². The number of amides is 1. The number of pyridine rings is 1. The van der Waals surface area contributed by atoms with Crippen LogP contribution in [0, 0.1) is 0 Å². The molecule has 3 rings (SSSR count). The number of carbonyl (C=O) groups excluding carboxylic acids is 1. The lowest BCUT2D eigenvalue weighted by Gasteiger charge is -2.28. The summed E-state index contributed by atoms with van der Waals surface area (Å²) < 4.78 is 0. The lowest BCUT2D eigenvalue weighted by molar-refractivity contribution is -0.122. The molecule has 1 aromatic heterocycles. The van der Waals surface area contributed by atoms with E-state index in [4.69, 9.17) is 0 Å². The number of rotatable bonds is 6. The molecule has 0 aliphatic carbocycles. The van der Waals surface area contributed by atoms with E-state index in [2.05, 4.69) is 39.5 Å². The van der Waals surface area contributed by atoms with Crippen molar-refractivity contribution in [2.75, 3.05) is 19.6 Å². The Labute approximate surface area is 143 Å². The molecule has 1 amide bonds. The molecule has 2 heterocycles. The van der Waals surface area contributed by atoms with E-state index < -0.39 is 0 Å². The molecule has 1 aromatic carbocycles. The van der Waals surface area contributed by atoms with Gasteiger partial charge in [0.1, 0.15) is 0 Å². The van der Waals surface area contributed by atoms with Crippen molar-refractivity contribution in [1.29, 1.82) is 0 Å². The third-order valence-corrected chi connectivity index (χ3v) is 4.83. The maximum Gasteiger partial charge on any atom is 0.227 e. The van der Waals surface area contributed by atoms with Crippen molar-refractivity contribution in [3.63, 3.8) is 0 Å². The van der Waals surface area contributed by atoms with Crippen molar-refractivity contribution >= 4 is 5.91 Å². The van der Waals surface area contributed by atoms with Gasteiger partial charge in [0.25, 0.3) is 0 Å². The zero-order chi connectivity index (χ0) is 16.8. The Bertz CT molecular complexity index is 638. The Kier molecular flexibility index (Phi) is 5.59. The van der Waals surface area contributed by atoms with E-state index in [0.29, 0.717) is 6.54 Å². The minimum atomic E-state index is -0.164. The van der Waals surface area contributed by atoms with Crippen LogP contribution >= 0.6 is 0 Å². The van der Waals surface area contributed by atoms with Crippen LogP contribution in [0.2, 0.25) is 0 Å². The lowest BCUT2D eigenvalue weighted by Crippen LogP contribution is -2.38. The van der Waals surface area contributed by atoms with E-state index in [9.17, 15) is 4.79 Å². The van der Waals surface area contributed by atoms with E-state index in [1.165, 1.54) is 18.4 Å². The number of benzene rings is 1. The molecule has 0 radical (unpaired) electrons. The molecule has 1 aliphatic heterocycles. The molecule has 1 N–H and O–H groups in total. The minimum absolute atomic E-state index is 0.0707. The maximum atomic E-state index is 12.5. The average molecular weight is 323 g/mol. The highest BCUT2D eigenvalue weighted by Crippen LogP contribution is 2.24. The molecule has 1 saturated heterocycles. The minimum Gasteiger partial charge on any atom is -0.354 e. The van der Waals surface area contributed by atoms with E-state index in [-0.39, 0.29) is 17.9 Å². The van der Waals surface area contributed by atoms with E-state index in [1.54, 1.807) is 12.4 Å². The van der Waals surface area contributed by atoms with Gasteiger partial charge in [0.15, 0.2) is 0 Å². The third-order valence-electron chi connectivity index (χ3n) is 4.83. The summed E-state index contributed by atoms with van der Waals surface area (Å²) in [6, 6.07) is 14.5. The summed E-state index contributed by atoms with van der Waals surface area (Å²) in [5, 5.41) is 3.16. The molecule has 2 atom stereocenters. The summed E-state index contributed by atoms with van der Waals surface area (Å²) in [5.41, 5.74) is 2.27. The van der Waals surface area contributed by atoms with Gasteiger partial charge in [-0.25, -0.2) is 0 Å². The van der Waals surface area contributed by atoms with Crippen LogP contribution in [0.1, 0.15) is 42.9 Å². The Morgan fingerprint density at radius 1 is 1.08 bits per heavy atom. The average Bonchev–Trinajstić information content (AvgIpc) is 3.17. The van der Waals surface area contributed by atoms with Gasteiger partial charge < -0.3 is 5.32 Å². The SMILES string of the molecule is CC(C(=O)NCC(c1ccccc1)N1CCCC1)c1ccncc1. The Morgan fingerprint density at radius 2 is 1.75 bits per heavy atom. The molecular formula is C20H25N3O. The van der Waals surface area contributed by atoms with Gasteiger partial charge in [-0.2, -0.15) is 0 Å². The summed E-state index contributed by atoms with van der Waals surface area (Å²) in [6.07, 6.45) is 5.95. The second-order valence-corrected chi connectivity index (χ2v) is 6.42. The molecule has 0 saturated carbocycles. The van der Waals surface area contributed by atoms with Crippen LogP contribution in [0.15, 0.2) is 54.9 Å². The first-order chi connectivity index (χ1) is 11.8.